The summed E-state index contributed by atoms with van der Waals surface area (Å²) >= 11 is 0. The number of hydrogen-bond donors (Lipinski definition) is 1. The van der Waals surface area contributed by atoms with Crippen molar-refractivity contribution in [3.63, 3.8) is 0 Å². The van der Waals surface area contributed by atoms with Crippen molar-refractivity contribution >= 4 is 51.5 Å². The van der Waals surface area contributed by atoms with Crippen LogP contribution in [0.5, 0.6) is 11.6 Å². The number of H-pyrrole nitrogens is 1. The summed E-state index contributed by atoms with van der Waals surface area (Å²) in [4.78, 5) is 16.2. The van der Waals surface area contributed by atoms with Gasteiger partial charge in [-0.1, -0.05) is 5.92 Å². The van der Waals surface area contributed by atoms with Crippen LogP contribution in [0.1, 0.15) is 23.7 Å². The number of nitrogens with one attached hydrogen (secondary N) is 1. The van der Waals surface area contributed by atoms with Crippen molar-refractivity contribution in [1.82, 2.24) is 19.9 Å². The molecule has 1 atom stereocenters. The summed E-state index contributed by atoms with van der Waals surface area (Å²) in [6.45, 7) is 5.80. The van der Waals surface area contributed by atoms with E-state index in [2.05, 4.69) is 31.8 Å². The van der Waals surface area contributed by atoms with Crippen LogP contribution in [0, 0.1) is 25.7 Å². The van der Waals surface area contributed by atoms with E-state index in [1.54, 1.807) is 26.3 Å². The van der Waals surface area contributed by atoms with E-state index < -0.39 is 10.8 Å². The predicted octanol–water partition coefficient (Wildman–Crippen LogP) is 2.31. The number of methoxy groups -OCH3 is 1. The Bertz CT molecular complexity index is 1070. The molecule has 0 aliphatic rings. The van der Waals surface area contributed by atoms with Gasteiger partial charge in [0.25, 0.3) is 0 Å². The van der Waals surface area contributed by atoms with Crippen LogP contribution in [-0.4, -0.2) is 67.4 Å². The van der Waals surface area contributed by atoms with Crippen molar-refractivity contribution in [1.29, 1.82) is 0 Å². The number of ether oxygens (including phenoxy) is 2. The summed E-state index contributed by atoms with van der Waals surface area (Å²) in [5.41, 5.74) is 3.59. The molecule has 7 nitrogen and oxygen atoms in total. The maximum absolute atomic E-state index is 12.8. The van der Waals surface area contributed by atoms with Crippen molar-refractivity contribution < 1.29 is 13.7 Å². The molecule has 0 fully saturated rings. The molecule has 0 aliphatic heterocycles. The molecule has 0 bridgehead atoms. The van der Waals surface area contributed by atoms with Gasteiger partial charge in [-0.05, 0) is 32.9 Å². The molecule has 0 aliphatic carbocycles. The number of hydrogen-bond acceptors (Lipinski definition) is 6. The molecule has 1 N–H and O–H groups in total. The molecular weight excluding hydrogens is 387 g/mol. The van der Waals surface area contributed by atoms with Gasteiger partial charge in [0.05, 0.1) is 34.9 Å². The van der Waals surface area contributed by atoms with Gasteiger partial charge >= 0.3 is 0 Å². The van der Waals surface area contributed by atoms with Crippen LogP contribution in [0.2, 0.25) is 0 Å². The zero-order valence-electron chi connectivity index (χ0n) is 16.6. The number of nitrogens with zero attached hydrogens (tertiary/aromatic N) is 3. The minimum absolute atomic E-state index is 0. The van der Waals surface area contributed by atoms with Crippen molar-refractivity contribution in [3.8, 4) is 23.5 Å². The number of rotatable bonds is 6. The fourth-order valence-corrected chi connectivity index (χ4v) is 3.64. The fraction of sp³-hybridized carbons (Fsp3) is 0.316. The number of imidazole rings is 1. The first-order chi connectivity index (χ1) is 13.0. The second-order valence-corrected chi connectivity index (χ2v) is 7.18. The van der Waals surface area contributed by atoms with Gasteiger partial charge in [0.1, 0.15) is 5.75 Å². The fourth-order valence-electron chi connectivity index (χ4n) is 2.55. The zero-order valence-corrected chi connectivity index (χ0v) is 19.4. The van der Waals surface area contributed by atoms with Gasteiger partial charge in [-0.15, -0.1) is 5.92 Å². The molecule has 0 amide bonds. The van der Waals surface area contributed by atoms with E-state index in [0.29, 0.717) is 27.9 Å². The van der Waals surface area contributed by atoms with E-state index in [1.807, 2.05) is 19.9 Å². The Labute approximate surface area is 188 Å². The SMILES string of the molecule is CC#CCOc1nc2nc(S(=O)Cc3nccc(OC)c3C)[nH]c2cc1C.[Na]. The average molecular weight is 407 g/mol. The summed E-state index contributed by atoms with van der Waals surface area (Å²) in [5, 5.41) is 0.353. The van der Waals surface area contributed by atoms with Crippen LogP contribution in [0.4, 0.5) is 0 Å². The van der Waals surface area contributed by atoms with E-state index in [1.165, 1.54) is 0 Å². The van der Waals surface area contributed by atoms with E-state index in [-0.39, 0.29) is 41.9 Å². The largest absolute Gasteiger partial charge is 0.496 e. The standard InChI is InChI=1S/C19H20N4O3S.Na/c1-5-6-9-26-18-12(2)10-14-17(22-18)23-19(21-14)27(24)11-15-13(3)16(25-4)7-8-20-15;/h7-8,10H,9,11H2,1-4H3,(H,21,22,23);. The van der Waals surface area contributed by atoms with Crippen LogP contribution in [-0.2, 0) is 16.6 Å². The minimum atomic E-state index is -1.40. The Hall–Kier alpha value is -1.92. The molecule has 1 radical (unpaired) electrons. The first kappa shape index (κ1) is 22.4. The second-order valence-electron chi connectivity index (χ2n) is 5.81. The Balaban J connectivity index is 0.00000280. The molecule has 3 heterocycles. The van der Waals surface area contributed by atoms with Gasteiger partial charge in [-0.2, -0.15) is 4.98 Å². The Morgan fingerprint density at radius 3 is 2.79 bits per heavy atom. The molecular formula is C19H20N4NaO3S. The van der Waals surface area contributed by atoms with Crippen molar-refractivity contribution in [2.45, 2.75) is 31.7 Å². The normalized spacial score (nSPS) is 11.3. The third-order valence-corrected chi connectivity index (χ3v) is 5.18. The summed E-state index contributed by atoms with van der Waals surface area (Å²) in [5.74, 6) is 7.02. The molecule has 141 valence electrons. The van der Waals surface area contributed by atoms with E-state index >= 15 is 0 Å². The topological polar surface area (TPSA) is 90.0 Å². The van der Waals surface area contributed by atoms with Crippen molar-refractivity contribution in [2.24, 2.45) is 0 Å². The Morgan fingerprint density at radius 2 is 2.07 bits per heavy atom. The number of aryl methyl sites for hydroxylation is 1. The molecule has 3 aromatic heterocycles. The van der Waals surface area contributed by atoms with Crippen LogP contribution in [0.25, 0.3) is 11.2 Å². The summed E-state index contributed by atoms with van der Waals surface area (Å²) in [7, 11) is 0.204. The summed E-state index contributed by atoms with van der Waals surface area (Å²) < 4.78 is 23.6. The van der Waals surface area contributed by atoms with Crippen molar-refractivity contribution in [2.75, 3.05) is 13.7 Å². The van der Waals surface area contributed by atoms with E-state index in [9.17, 15) is 4.21 Å². The average Bonchev–Trinajstić information content (AvgIpc) is 3.06. The number of aromatic amines is 1. The summed E-state index contributed by atoms with van der Waals surface area (Å²) in [6.07, 6.45) is 1.64. The number of aromatic nitrogens is 4. The molecule has 3 rings (SSSR count). The number of pyridine rings is 2. The third-order valence-electron chi connectivity index (χ3n) is 4.02. The molecule has 0 aromatic carbocycles. The molecule has 0 saturated carbocycles. The van der Waals surface area contributed by atoms with Crippen LogP contribution >= 0.6 is 0 Å². The first-order valence-electron chi connectivity index (χ1n) is 8.30. The van der Waals surface area contributed by atoms with Gasteiger partial charge in [-0.25, -0.2) is 4.98 Å². The molecule has 0 saturated heterocycles. The maximum Gasteiger partial charge on any atom is 0.219 e. The van der Waals surface area contributed by atoms with Gasteiger partial charge in [0.2, 0.25) is 5.88 Å². The predicted molar refractivity (Wildman–Crippen MR) is 109 cm³/mol. The van der Waals surface area contributed by atoms with Crippen LogP contribution in [0.15, 0.2) is 23.5 Å². The second kappa shape index (κ2) is 10.0. The molecule has 9 heteroatoms. The smallest absolute Gasteiger partial charge is 0.219 e. The van der Waals surface area contributed by atoms with Gasteiger partial charge in [-0.3, -0.25) is 9.19 Å². The monoisotopic (exact) mass is 407 g/mol. The summed E-state index contributed by atoms with van der Waals surface area (Å²) in [6, 6.07) is 3.65. The molecule has 0 spiro atoms. The van der Waals surface area contributed by atoms with Crippen LogP contribution in [0.3, 0.4) is 0 Å². The van der Waals surface area contributed by atoms with Crippen LogP contribution < -0.4 is 9.47 Å². The zero-order chi connectivity index (χ0) is 19.4. The quantitative estimate of drug-likeness (QED) is 0.498. The molecule has 1 unspecified atom stereocenters. The van der Waals surface area contributed by atoms with E-state index in [4.69, 9.17) is 9.47 Å². The Kier molecular flexibility index (Phi) is 8.01. The van der Waals surface area contributed by atoms with Gasteiger partial charge in [0, 0.05) is 46.9 Å². The van der Waals surface area contributed by atoms with Crippen molar-refractivity contribution in [3.05, 3.63) is 35.2 Å². The van der Waals surface area contributed by atoms with Gasteiger partial charge < -0.3 is 14.5 Å². The van der Waals surface area contributed by atoms with E-state index in [0.717, 1.165) is 16.9 Å². The Morgan fingerprint density at radius 1 is 1.29 bits per heavy atom. The minimum Gasteiger partial charge on any atom is -0.496 e. The third kappa shape index (κ3) is 4.92. The molecule has 28 heavy (non-hydrogen) atoms. The first-order valence-corrected chi connectivity index (χ1v) is 9.62. The number of fused-ring (bicyclic) bond motifs is 1. The molecule has 3 aromatic rings. The van der Waals surface area contributed by atoms with Gasteiger partial charge in [0.15, 0.2) is 17.4 Å². The maximum atomic E-state index is 12.8.